The molecule has 13 heavy (non-hydrogen) atoms. The molecule has 0 saturated heterocycles. The number of rotatable bonds is 5. The second kappa shape index (κ2) is 4.57. The molecule has 0 heterocycles. The molecule has 1 atom stereocenters. The van der Waals surface area contributed by atoms with Crippen molar-refractivity contribution in [2.45, 2.75) is 26.3 Å². The Morgan fingerprint density at radius 2 is 2.00 bits per heavy atom. The molecule has 0 aromatic heterocycles. The van der Waals surface area contributed by atoms with Gasteiger partial charge in [0.1, 0.15) is 6.54 Å². The van der Waals surface area contributed by atoms with E-state index >= 15 is 0 Å². The summed E-state index contributed by atoms with van der Waals surface area (Å²) in [4.78, 5) is 10.4. The van der Waals surface area contributed by atoms with E-state index in [9.17, 15) is 13.2 Å². The van der Waals surface area contributed by atoms with Crippen LogP contribution < -0.4 is 0 Å². The number of carbonyl (C=O) groups is 1. The summed E-state index contributed by atoms with van der Waals surface area (Å²) in [6.45, 7) is 3.03. The summed E-state index contributed by atoms with van der Waals surface area (Å²) < 4.78 is 23.2. The molecule has 0 aliphatic heterocycles. The summed E-state index contributed by atoms with van der Waals surface area (Å²) in [5, 5.41) is 8.49. The van der Waals surface area contributed by atoms with Crippen molar-refractivity contribution in [1.82, 2.24) is 4.31 Å². The Morgan fingerprint density at radius 3 is 2.23 bits per heavy atom. The lowest BCUT2D eigenvalue weighted by Gasteiger charge is -2.23. The van der Waals surface area contributed by atoms with Crippen LogP contribution in [0.25, 0.3) is 0 Å². The molecule has 1 unspecified atom stereocenters. The van der Waals surface area contributed by atoms with E-state index in [4.69, 9.17) is 5.11 Å². The minimum absolute atomic E-state index is 0.272. The molecule has 0 spiro atoms. The minimum Gasteiger partial charge on any atom is -0.480 e. The molecule has 5 nitrogen and oxygen atoms in total. The van der Waals surface area contributed by atoms with Gasteiger partial charge in [0, 0.05) is 6.04 Å². The first kappa shape index (κ1) is 12.4. The molecule has 0 radical (unpaired) electrons. The van der Waals surface area contributed by atoms with Crippen molar-refractivity contribution in [3.05, 3.63) is 0 Å². The number of hydrogen-bond donors (Lipinski definition) is 1. The van der Waals surface area contributed by atoms with Crippen molar-refractivity contribution in [3.63, 3.8) is 0 Å². The molecule has 0 saturated carbocycles. The predicted octanol–water partition coefficient (Wildman–Crippen LogP) is 0.131. The van der Waals surface area contributed by atoms with E-state index in [1.165, 1.54) is 0 Å². The fraction of sp³-hybridized carbons (Fsp3) is 0.857. The first-order chi connectivity index (χ1) is 5.79. The van der Waals surface area contributed by atoms with Gasteiger partial charge >= 0.3 is 5.97 Å². The fourth-order valence-electron chi connectivity index (χ4n) is 0.937. The zero-order valence-corrected chi connectivity index (χ0v) is 8.84. The first-order valence-electron chi connectivity index (χ1n) is 3.97. The minimum atomic E-state index is -3.42. The SMILES string of the molecule is CCC(C)N(CC(=O)O)S(C)(=O)=O. The van der Waals surface area contributed by atoms with Gasteiger partial charge in [-0.05, 0) is 13.3 Å². The Labute approximate surface area is 78.4 Å². The van der Waals surface area contributed by atoms with E-state index in [0.29, 0.717) is 6.42 Å². The highest BCUT2D eigenvalue weighted by molar-refractivity contribution is 7.88. The zero-order chi connectivity index (χ0) is 10.6. The summed E-state index contributed by atoms with van der Waals surface area (Å²) in [5.74, 6) is -1.13. The zero-order valence-electron chi connectivity index (χ0n) is 8.02. The molecule has 1 N–H and O–H groups in total. The third-order valence-electron chi connectivity index (χ3n) is 1.80. The molecular formula is C7H15NO4S. The maximum atomic E-state index is 11.1. The lowest BCUT2D eigenvalue weighted by molar-refractivity contribution is -0.137. The molecule has 0 amide bonds. The highest BCUT2D eigenvalue weighted by Crippen LogP contribution is 2.07. The molecule has 78 valence electrons. The maximum absolute atomic E-state index is 11.1. The van der Waals surface area contributed by atoms with Crippen LogP contribution in [-0.2, 0) is 14.8 Å². The number of carboxylic acid groups (broad SMARTS) is 1. The molecule has 0 rings (SSSR count). The molecule has 0 bridgehead atoms. The van der Waals surface area contributed by atoms with Gasteiger partial charge in [0.05, 0.1) is 6.26 Å². The Morgan fingerprint density at radius 1 is 1.54 bits per heavy atom. The molecule has 0 aromatic rings. The fourth-order valence-corrected chi connectivity index (χ4v) is 2.08. The van der Waals surface area contributed by atoms with Gasteiger partial charge in [-0.25, -0.2) is 8.42 Å². The molecular weight excluding hydrogens is 194 g/mol. The third-order valence-corrected chi connectivity index (χ3v) is 3.14. The van der Waals surface area contributed by atoms with Gasteiger partial charge in [0.15, 0.2) is 0 Å². The van der Waals surface area contributed by atoms with E-state index in [1.807, 2.05) is 6.92 Å². The van der Waals surface area contributed by atoms with E-state index < -0.39 is 22.5 Å². The van der Waals surface area contributed by atoms with Crippen LogP contribution in [0.1, 0.15) is 20.3 Å². The van der Waals surface area contributed by atoms with Gasteiger partial charge in [0.2, 0.25) is 10.0 Å². The molecule has 6 heteroatoms. The van der Waals surface area contributed by atoms with Gasteiger partial charge < -0.3 is 5.11 Å². The van der Waals surface area contributed by atoms with Crippen LogP contribution >= 0.6 is 0 Å². The number of nitrogens with zero attached hydrogens (tertiary/aromatic N) is 1. The second-order valence-electron chi connectivity index (χ2n) is 2.96. The van der Waals surface area contributed by atoms with Gasteiger partial charge in [-0.1, -0.05) is 6.92 Å². The smallest absolute Gasteiger partial charge is 0.318 e. The van der Waals surface area contributed by atoms with Crippen molar-refractivity contribution in [3.8, 4) is 0 Å². The average molecular weight is 209 g/mol. The van der Waals surface area contributed by atoms with Crippen LogP contribution in [-0.4, -0.2) is 42.6 Å². The van der Waals surface area contributed by atoms with Crippen molar-refractivity contribution >= 4 is 16.0 Å². The van der Waals surface area contributed by atoms with Crippen LogP contribution in [0.3, 0.4) is 0 Å². The van der Waals surface area contributed by atoms with E-state index in [2.05, 4.69) is 0 Å². The average Bonchev–Trinajstić information content (AvgIpc) is 1.96. The second-order valence-corrected chi connectivity index (χ2v) is 4.89. The summed E-state index contributed by atoms with van der Waals surface area (Å²) in [5.41, 5.74) is 0. The topological polar surface area (TPSA) is 74.7 Å². The molecule has 0 aliphatic carbocycles. The standard InChI is InChI=1S/C7H15NO4S/c1-4-6(2)8(5-7(9)10)13(3,11)12/h6H,4-5H2,1-3H3,(H,9,10). The highest BCUT2D eigenvalue weighted by atomic mass is 32.2. The molecule has 0 aromatic carbocycles. The quantitative estimate of drug-likeness (QED) is 0.698. The third kappa shape index (κ3) is 4.23. The summed E-state index contributed by atoms with van der Waals surface area (Å²) in [7, 11) is -3.42. The lowest BCUT2D eigenvalue weighted by atomic mass is 10.2. The van der Waals surface area contributed by atoms with Crippen LogP contribution in [0.15, 0.2) is 0 Å². The lowest BCUT2D eigenvalue weighted by Crippen LogP contribution is -2.41. The van der Waals surface area contributed by atoms with Crippen LogP contribution in [0.4, 0.5) is 0 Å². The number of hydrogen-bond acceptors (Lipinski definition) is 3. The van der Waals surface area contributed by atoms with Crippen LogP contribution in [0, 0.1) is 0 Å². The van der Waals surface area contributed by atoms with E-state index in [1.54, 1.807) is 6.92 Å². The van der Waals surface area contributed by atoms with Gasteiger partial charge in [0.25, 0.3) is 0 Å². The monoisotopic (exact) mass is 209 g/mol. The Bertz CT molecular complexity index is 272. The normalized spacial score (nSPS) is 14.5. The Hall–Kier alpha value is -0.620. The van der Waals surface area contributed by atoms with Gasteiger partial charge in [-0.2, -0.15) is 4.31 Å². The van der Waals surface area contributed by atoms with Crippen molar-refractivity contribution in [2.24, 2.45) is 0 Å². The largest absolute Gasteiger partial charge is 0.480 e. The highest BCUT2D eigenvalue weighted by Gasteiger charge is 2.24. The first-order valence-corrected chi connectivity index (χ1v) is 5.82. The summed E-state index contributed by atoms with van der Waals surface area (Å²) >= 11 is 0. The number of carboxylic acids is 1. The molecule has 0 fully saturated rings. The maximum Gasteiger partial charge on any atom is 0.318 e. The number of sulfonamides is 1. The van der Waals surface area contributed by atoms with Crippen molar-refractivity contribution in [2.75, 3.05) is 12.8 Å². The van der Waals surface area contributed by atoms with Gasteiger partial charge in [-0.15, -0.1) is 0 Å². The van der Waals surface area contributed by atoms with Crippen molar-refractivity contribution in [1.29, 1.82) is 0 Å². The van der Waals surface area contributed by atoms with Crippen LogP contribution in [0.2, 0.25) is 0 Å². The Kier molecular flexibility index (Phi) is 4.35. The van der Waals surface area contributed by atoms with Gasteiger partial charge in [-0.3, -0.25) is 4.79 Å². The van der Waals surface area contributed by atoms with Crippen molar-refractivity contribution < 1.29 is 18.3 Å². The Balaban J connectivity index is 4.66. The van der Waals surface area contributed by atoms with E-state index in [0.717, 1.165) is 10.6 Å². The summed E-state index contributed by atoms with van der Waals surface area (Å²) in [6, 6.07) is -0.272. The predicted molar refractivity (Wildman–Crippen MR) is 48.9 cm³/mol. The summed E-state index contributed by atoms with van der Waals surface area (Å²) in [6.07, 6.45) is 1.61. The van der Waals surface area contributed by atoms with E-state index in [-0.39, 0.29) is 6.04 Å². The number of aliphatic carboxylic acids is 1. The molecule has 0 aliphatic rings. The van der Waals surface area contributed by atoms with Crippen LogP contribution in [0.5, 0.6) is 0 Å².